The molecular weight excluding hydrogens is 478 g/mol. The van der Waals surface area contributed by atoms with Crippen LogP contribution < -0.4 is 5.32 Å². The van der Waals surface area contributed by atoms with E-state index in [-0.39, 0.29) is 11.2 Å². The topological polar surface area (TPSA) is 49.9 Å². The molecule has 5 rings (SSSR count). The fourth-order valence-corrected chi connectivity index (χ4v) is 5.87. The molecule has 3 aliphatic rings. The molecule has 2 aromatic rings. The highest BCUT2D eigenvalue weighted by Crippen LogP contribution is 2.51. The molecule has 0 saturated carbocycles. The van der Waals surface area contributed by atoms with Crippen molar-refractivity contribution in [1.29, 1.82) is 0 Å². The number of aromatic amines is 1. The van der Waals surface area contributed by atoms with Crippen molar-refractivity contribution in [2.24, 2.45) is 17.3 Å². The molecule has 2 unspecified atom stereocenters. The van der Waals surface area contributed by atoms with Crippen molar-refractivity contribution in [2.75, 3.05) is 5.32 Å². The third-order valence-electron chi connectivity index (χ3n) is 8.72. The molecule has 1 aliphatic carbocycles. The minimum absolute atomic E-state index is 0.245. The Morgan fingerprint density at radius 2 is 1.82 bits per heavy atom. The van der Waals surface area contributed by atoms with Gasteiger partial charge in [0.05, 0.1) is 11.3 Å². The van der Waals surface area contributed by atoms with Crippen LogP contribution in [0.2, 0.25) is 0 Å². The Kier molecular flexibility index (Phi) is 8.19. The summed E-state index contributed by atoms with van der Waals surface area (Å²) in [5, 5.41) is 3.58. The van der Waals surface area contributed by atoms with E-state index in [1.807, 2.05) is 27.0 Å². The van der Waals surface area contributed by atoms with Crippen LogP contribution in [-0.4, -0.2) is 21.2 Å². The van der Waals surface area contributed by atoms with Crippen molar-refractivity contribution >= 4 is 22.5 Å². The number of anilines is 1. The van der Waals surface area contributed by atoms with E-state index in [9.17, 15) is 0 Å². The van der Waals surface area contributed by atoms with Crippen LogP contribution in [0.25, 0.3) is 16.8 Å². The van der Waals surface area contributed by atoms with Crippen molar-refractivity contribution in [3.63, 3.8) is 0 Å². The maximum absolute atomic E-state index is 6.81. The highest BCUT2D eigenvalue weighted by Gasteiger charge is 2.50. The Morgan fingerprint density at radius 3 is 2.41 bits per heavy atom. The van der Waals surface area contributed by atoms with E-state index < -0.39 is 0 Å². The first-order valence-electron chi connectivity index (χ1n) is 14.9. The zero-order valence-electron chi connectivity index (χ0n) is 25.7. The fourth-order valence-electron chi connectivity index (χ4n) is 5.87. The average molecular weight is 528 g/mol. The van der Waals surface area contributed by atoms with Crippen molar-refractivity contribution in [2.45, 2.75) is 99.2 Å². The first-order chi connectivity index (χ1) is 18.4. The quantitative estimate of drug-likeness (QED) is 0.352. The van der Waals surface area contributed by atoms with Crippen molar-refractivity contribution < 1.29 is 4.74 Å². The zero-order valence-corrected chi connectivity index (χ0v) is 25.7. The minimum Gasteiger partial charge on any atom is -0.355 e. The van der Waals surface area contributed by atoms with E-state index in [1.165, 1.54) is 28.7 Å². The van der Waals surface area contributed by atoms with E-state index >= 15 is 0 Å². The smallest absolute Gasteiger partial charge is 0.153 e. The molecular formula is C35H49N3O. The largest absolute Gasteiger partial charge is 0.355 e. The Labute approximate surface area is 236 Å². The Bertz CT molecular complexity index is 1300. The third kappa shape index (κ3) is 5.72. The SMILES string of the molecule is C=C(Nc1ccc(C2=CC3(C(C)C)C=CC(C(C)C)(C2)O3)cc1C1=CCC(C)(C)CC1)c1ncc(C)[nH]1.CC. The van der Waals surface area contributed by atoms with Crippen LogP contribution in [0.15, 0.2) is 55.3 Å². The number of ether oxygens (including phenoxy) is 1. The summed E-state index contributed by atoms with van der Waals surface area (Å²) >= 11 is 0. The monoisotopic (exact) mass is 527 g/mol. The van der Waals surface area contributed by atoms with Gasteiger partial charge in [-0.2, -0.15) is 0 Å². The van der Waals surface area contributed by atoms with Gasteiger partial charge in [0.2, 0.25) is 0 Å². The Balaban J connectivity index is 0.00000172. The van der Waals surface area contributed by atoms with Gasteiger partial charge in [-0.15, -0.1) is 0 Å². The van der Waals surface area contributed by atoms with Crippen LogP contribution >= 0.6 is 0 Å². The molecule has 2 aliphatic heterocycles. The van der Waals surface area contributed by atoms with Gasteiger partial charge in [0.25, 0.3) is 0 Å². The standard InChI is InChI=1S/C33H43N3O.C2H6/c1-21(2)32-15-16-33(37-32,22(3)4)19-27(18-32)26-9-10-29(36-24(6)30-34-20-23(5)35-30)28(17-26)25-11-13-31(7,8)14-12-25;1-2/h9-11,15-18,20-22,36H,6,12-14,19H2,1-5,7-8H3,(H,34,35);1-2H3. The molecule has 0 spiro atoms. The molecule has 4 heteroatoms. The summed E-state index contributed by atoms with van der Waals surface area (Å²) in [6.45, 7) is 24.1. The summed E-state index contributed by atoms with van der Waals surface area (Å²) in [7, 11) is 0. The molecule has 210 valence electrons. The lowest BCUT2D eigenvalue weighted by molar-refractivity contribution is -0.110. The number of aromatic nitrogens is 2. The van der Waals surface area contributed by atoms with Gasteiger partial charge in [0, 0.05) is 29.6 Å². The van der Waals surface area contributed by atoms with Gasteiger partial charge in [0.1, 0.15) is 5.60 Å². The molecule has 3 heterocycles. The molecule has 1 aromatic heterocycles. The summed E-state index contributed by atoms with van der Waals surface area (Å²) in [6.07, 6.45) is 15.6. The number of imidazole rings is 1. The first-order valence-corrected chi connectivity index (χ1v) is 14.9. The zero-order chi connectivity index (χ0) is 28.6. The van der Waals surface area contributed by atoms with Crippen LogP contribution in [0.4, 0.5) is 5.69 Å². The van der Waals surface area contributed by atoms with Crippen LogP contribution in [0.1, 0.15) is 104 Å². The predicted octanol–water partition coefficient (Wildman–Crippen LogP) is 9.58. The van der Waals surface area contributed by atoms with Gasteiger partial charge in [0.15, 0.2) is 5.82 Å². The average Bonchev–Trinajstić information content (AvgIpc) is 3.47. The van der Waals surface area contributed by atoms with Gasteiger partial charge in [-0.3, -0.25) is 0 Å². The fraction of sp³-hybridized carbons (Fsp3) is 0.514. The second-order valence-electron chi connectivity index (χ2n) is 12.8. The maximum atomic E-state index is 6.81. The molecule has 0 radical (unpaired) electrons. The van der Waals surface area contributed by atoms with Crippen LogP contribution in [-0.2, 0) is 4.74 Å². The number of allylic oxidation sites excluding steroid dienone is 2. The van der Waals surface area contributed by atoms with E-state index in [1.54, 1.807) is 0 Å². The Morgan fingerprint density at radius 1 is 1.08 bits per heavy atom. The maximum Gasteiger partial charge on any atom is 0.153 e. The predicted molar refractivity (Wildman–Crippen MR) is 167 cm³/mol. The molecule has 2 atom stereocenters. The lowest BCUT2D eigenvalue weighted by Crippen LogP contribution is -2.45. The van der Waals surface area contributed by atoms with Crippen LogP contribution in [0.5, 0.6) is 0 Å². The summed E-state index contributed by atoms with van der Waals surface area (Å²) in [4.78, 5) is 7.77. The molecule has 0 amide bonds. The van der Waals surface area contributed by atoms with Crippen molar-refractivity contribution in [3.8, 4) is 0 Å². The lowest BCUT2D eigenvalue weighted by atomic mass is 9.76. The number of benzene rings is 1. The van der Waals surface area contributed by atoms with Gasteiger partial charge in [-0.25, -0.2) is 4.98 Å². The molecule has 1 aromatic carbocycles. The van der Waals surface area contributed by atoms with Crippen LogP contribution in [0, 0.1) is 24.2 Å². The molecule has 4 nitrogen and oxygen atoms in total. The Hall–Kier alpha value is -2.85. The summed E-state index contributed by atoms with van der Waals surface area (Å²) < 4.78 is 6.81. The number of aryl methyl sites for hydroxylation is 1. The number of nitrogens with zero attached hydrogens (tertiary/aromatic N) is 1. The number of H-pyrrole nitrogens is 1. The van der Waals surface area contributed by atoms with Crippen LogP contribution in [0.3, 0.4) is 0 Å². The second-order valence-corrected chi connectivity index (χ2v) is 12.8. The summed E-state index contributed by atoms with van der Waals surface area (Å²) in [5.41, 5.74) is 8.00. The van der Waals surface area contributed by atoms with E-state index in [0.717, 1.165) is 42.2 Å². The van der Waals surface area contributed by atoms with E-state index in [2.05, 4.69) is 106 Å². The lowest BCUT2D eigenvalue weighted by Gasteiger charge is -2.44. The van der Waals surface area contributed by atoms with Crippen molar-refractivity contribution in [1.82, 2.24) is 9.97 Å². The number of rotatable bonds is 7. The highest BCUT2D eigenvalue weighted by atomic mass is 16.5. The summed E-state index contributed by atoms with van der Waals surface area (Å²) in [5.74, 6) is 1.54. The molecule has 2 N–H and O–H groups in total. The van der Waals surface area contributed by atoms with Gasteiger partial charge in [-0.05, 0) is 84.4 Å². The normalized spacial score (nSPS) is 25.2. The van der Waals surface area contributed by atoms with E-state index in [0.29, 0.717) is 17.3 Å². The van der Waals surface area contributed by atoms with Gasteiger partial charge in [-0.1, -0.05) is 80.2 Å². The highest BCUT2D eigenvalue weighted by molar-refractivity contribution is 5.86. The molecule has 0 fully saturated rings. The second kappa shape index (κ2) is 11.0. The number of nitrogens with one attached hydrogen (secondary N) is 2. The number of hydrogen-bond donors (Lipinski definition) is 2. The molecule has 39 heavy (non-hydrogen) atoms. The van der Waals surface area contributed by atoms with E-state index in [4.69, 9.17) is 4.74 Å². The molecule has 2 bridgehead atoms. The number of hydrogen-bond acceptors (Lipinski definition) is 3. The van der Waals surface area contributed by atoms with Crippen molar-refractivity contribution in [3.05, 3.63) is 77.9 Å². The third-order valence-corrected chi connectivity index (χ3v) is 8.72. The first kappa shape index (κ1) is 29.1. The van der Waals surface area contributed by atoms with Gasteiger partial charge >= 0.3 is 0 Å². The summed E-state index contributed by atoms with van der Waals surface area (Å²) in [6, 6.07) is 6.88. The number of fused-ring (bicyclic) bond motifs is 2. The minimum atomic E-state index is -0.339. The van der Waals surface area contributed by atoms with Gasteiger partial charge < -0.3 is 15.0 Å². The molecule has 0 saturated heterocycles.